The van der Waals surface area contributed by atoms with Crippen LogP contribution in [-0.2, 0) is 16.1 Å². The van der Waals surface area contributed by atoms with Gasteiger partial charge < -0.3 is 27.0 Å². The van der Waals surface area contributed by atoms with Crippen molar-refractivity contribution < 1.29 is 9.59 Å². The zero-order valence-electron chi connectivity index (χ0n) is 17.9. The van der Waals surface area contributed by atoms with Crippen LogP contribution >= 0.6 is 12.2 Å². The predicted octanol–water partition coefficient (Wildman–Crippen LogP) is 2.25. The number of carbonyl (C=O) groups is 2. The second-order valence-electron chi connectivity index (χ2n) is 9.32. The van der Waals surface area contributed by atoms with E-state index in [4.69, 9.17) is 23.7 Å². The van der Waals surface area contributed by atoms with E-state index in [1.807, 2.05) is 24.3 Å². The van der Waals surface area contributed by atoms with Crippen molar-refractivity contribution in [2.75, 3.05) is 11.9 Å². The fraction of sp³-hybridized carbons (Fsp3) is 0.609. The maximum atomic E-state index is 13.2. The lowest BCUT2D eigenvalue weighted by Gasteiger charge is -2.31. The van der Waals surface area contributed by atoms with Crippen LogP contribution in [0.5, 0.6) is 0 Å². The van der Waals surface area contributed by atoms with Crippen LogP contribution in [0.15, 0.2) is 24.3 Å². The summed E-state index contributed by atoms with van der Waals surface area (Å²) in [4.78, 5) is 28.1. The van der Waals surface area contributed by atoms with Crippen molar-refractivity contribution in [1.82, 2.24) is 10.2 Å². The standard InChI is InChI=1S/C23H33N5O2S/c24-19(12-15-4-2-1-3-5-15)20(29)28-11-10-17-13-23(17,28)21(30)26-14-16-6-8-18(9-7-16)27-22(25)31/h6-9,15,17,19H,1-5,10-14,24H2,(H,26,30)(H3,25,27,31)/t17-,19-,23+/m1/s1. The van der Waals surface area contributed by atoms with E-state index in [-0.39, 0.29) is 22.8 Å². The molecular weight excluding hydrogens is 410 g/mol. The van der Waals surface area contributed by atoms with Gasteiger partial charge in [0.2, 0.25) is 11.8 Å². The van der Waals surface area contributed by atoms with Gasteiger partial charge in [-0.15, -0.1) is 0 Å². The van der Waals surface area contributed by atoms with Gasteiger partial charge in [0, 0.05) is 18.8 Å². The number of anilines is 1. The average molecular weight is 444 g/mol. The fourth-order valence-corrected chi connectivity index (χ4v) is 5.56. The first-order valence-electron chi connectivity index (χ1n) is 11.4. The Morgan fingerprint density at radius 2 is 1.87 bits per heavy atom. The van der Waals surface area contributed by atoms with E-state index in [9.17, 15) is 9.59 Å². The first-order valence-corrected chi connectivity index (χ1v) is 11.8. The van der Waals surface area contributed by atoms with Gasteiger partial charge in [0.05, 0.1) is 6.04 Å². The number of hydrogen-bond donors (Lipinski definition) is 4. The lowest BCUT2D eigenvalue weighted by atomic mass is 9.84. The first-order chi connectivity index (χ1) is 14.9. The molecule has 0 spiro atoms. The molecule has 3 fully saturated rings. The molecule has 7 nitrogen and oxygen atoms in total. The second kappa shape index (κ2) is 9.12. The number of thiocarbonyl (C=S) groups is 1. The molecule has 8 heteroatoms. The molecule has 6 N–H and O–H groups in total. The zero-order chi connectivity index (χ0) is 22.0. The van der Waals surface area contributed by atoms with E-state index in [2.05, 4.69) is 10.6 Å². The Balaban J connectivity index is 1.34. The molecule has 4 rings (SSSR count). The zero-order valence-corrected chi connectivity index (χ0v) is 18.8. The Labute approximate surface area is 189 Å². The average Bonchev–Trinajstić information content (AvgIpc) is 3.38. The lowest BCUT2D eigenvalue weighted by molar-refractivity contribution is -0.142. The Morgan fingerprint density at radius 1 is 1.16 bits per heavy atom. The van der Waals surface area contributed by atoms with Gasteiger partial charge >= 0.3 is 0 Å². The van der Waals surface area contributed by atoms with Crippen LogP contribution in [0, 0.1) is 11.8 Å². The van der Waals surface area contributed by atoms with E-state index < -0.39 is 11.6 Å². The molecule has 0 bridgehead atoms. The number of piperidine rings is 1. The summed E-state index contributed by atoms with van der Waals surface area (Å²) >= 11 is 4.84. The van der Waals surface area contributed by atoms with Crippen molar-refractivity contribution in [2.45, 2.75) is 69.5 Å². The van der Waals surface area contributed by atoms with Crippen LogP contribution in [0.3, 0.4) is 0 Å². The molecule has 2 amide bonds. The number of benzene rings is 1. The number of nitrogens with zero attached hydrogens (tertiary/aromatic N) is 1. The minimum atomic E-state index is -0.686. The van der Waals surface area contributed by atoms with E-state index in [0.717, 1.165) is 30.5 Å². The number of rotatable bonds is 7. The molecule has 0 aromatic heterocycles. The molecule has 1 aliphatic heterocycles. The van der Waals surface area contributed by atoms with Gasteiger partial charge in [0.15, 0.2) is 5.11 Å². The molecule has 1 aromatic rings. The fourth-order valence-electron chi connectivity index (χ4n) is 5.45. The Kier molecular flexibility index (Phi) is 6.48. The molecule has 168 valence electrons. The summed E-state index contributed by atoms with van der Waals surface area (Å²) < 4.78 is 0. The monoisotopic (exact) mass is 443 g/mol. The molecule has 1 heterocycles. The highest BCUT2D eigenvalue weighted by Gasteiger charge is 2.68. The van der Waals surface area contributed by atoms with Gasteiger partial charge in [-0.05, 0) is 61.0 Å². The lowest BCUT2D eigenvalue weighted by Crippen LogP contribution is -2.54. The SMILES string of the molecule is NC(=S)Nc1ccc(CNC(=O)[C@]23C[C@H]2CCN3C(=O)[C@H](N)CC2CCCCC2)cc1. The van der Waals surface area contributed by atoms with Gasteiger partial charge in [-0.3, -0.25) is 9.59 Å². The van der Waals surface area contributed by atoms with Crippen LogP contribution in [-0.4, -0.2) is 40.0 Å². The summed E-state index contributed by atoms with van der Waals surface area (Å²) in [5.41, 5.74) is 12.9. The van der Waals surface area contributed by atoms with E-state index in [1.165, 1.54) is 32.1 Å². The van der Waals surface area contributed by atoms with Crippen molar-refractivity contribution in [3.63, 3.8) is 0 Å². The number of hydrogen-bond acceptors (Lipinski definition) is 4. The molecule has 1 saturated heterocycles. The van der Waals surface area contributed by atoms with E-state index >= 15 is 0 Å². The third kappa shape index (κ3) is 4.70. The van der Waals surface area contributed by atoms with Crippen molar-refractivity contribution in [1.29, 1.82) is 0 Å². The van der Waals surface area contributed by atoms with E-state index in [0.29, 0.717) is 19.0 Å². The van der Waals surface area contributed by atoms with Crippen LogP contribution < -0.4 is 22.1 Å². The maximum Gasteiger partial charge on any atom is 0.246 e. The molecule has 0 unspecified atom stereocenters. The minimum absolute atomic E-state index is 0.0473. The summed E-state index contributed by atoms with van der Waals surface area (Å²) in [6.45, 7) is 1.05. The summed E-state index contributed by atoms with van der Waals surface area (Å²) in [5, 5.41) is 6.14. The number of amides is 2. The molecule has 2 saturated carbocycles. The quantitative estimate of drug-likeness (QED) is 0.481. The van der Waals surface area contributed by atoms with Crippen molar-refractivity contribution in [3.05, 3.63) is 29.8 Å². The van der Waals surface area contributed by atoms with Crippen LogP contribution in [0.1, 0.15) is 56.9 Å². The summed E-state index contributed by atoms with van der Waals surface area (Å²) in [6, 6.07) is 7.07. The molecular formula is C23H33N5O2S. The van der Waals surface area contributed by atoms with Crippen LogP contribution in [0.25, 0.3) is 0 Å². The number of fused-ring (bicyclic) bond motifs is 1. The highest BCUT2D eigenvalue weighted by molar-refractivity contribution is 7.80. The molecule has 2 aliphatic carbocycles. The molecule has 3 atom stereocenters. The second-order valence-corrected chi connectivity index (χ2v) is 9.76. The number of likely N-dealkylation sites (tertiary alicyclic amines) is 1. The minimum Gasteiger partial charge on any atom is -0.376 e. The molecule has 0 radical (unpaired) electrons. The summed E-state index contributed by atoms with van der Waals surface area (Å²) in [5.74, 6) is 0.698. The van der Waals surface area contributed by atoms with E-state index in [1.54, 1.807) is 4.90 Å². The number of nitrogens with two attached hydrogens (primary N) is 2. The molecule has 3 aliphatic rings. The molecule has 1 aromatic carbocycles. The highest BCUT2D eigenvalue weighted by Crippen LogP contribution is 2.56. The highest BCUT2D eigenvalue weighted by atomic mass is 32.1. The van der Waals surface area contributed by atoms with Gasteiger partial charge in [-0.1, -0.05) is 44.2 Å². The Hall–Kier alpha value is -2.19. The normalized spacial score (nSPS) is 26.1. The topological polar surface area (TPSA) is 113 Å². The van der Waals surface area contributed by atoms with Gasteiger partial charge in [-0.2, -0.15) is 0 Å². The smallest absolute Gasteiger partial charge is 0.246 e. The van der Waals surface area contributed by atoms with Crippen molar-refractivity contribution in [3.8, 4) is 0 Å². The summed E-state index contributed by atoms with van der Waals surface area (Å²) in [7, 11) is 0. The van der Waals surface area contributed by atoms with Crippen LogP contribution in [0.2, 0.25) is 0 Å². The summed E-state index contributed by atoms with van der Waals surface area (Å²) in [6.07, 6.45) is 8.47. The third-order valence-corrected chi connectivity index (χ3v) is 7.32. The molecule has 31 heavy (non-hydrogen) atoms. The van der Waals surface area contributed by atoms with Crippen LogP contribution in [0.4, 0.5) is 5.69 Å². The van der Waals surface area contributed by atoms with Gasteiger partial charge in [0.25, 0.3) is 0 Å². The van der Waals surface area contributed by atoms with Gasteiger partial charge in [0.1, 0.15) is 5.54 Å². The van der Waals surface area contributed by atoms with Crippen molar-refractivity contribution >= 4 is 34.8 Å². The van der Waals surface area contributed by atoms with Crippen molar-refractivity contribution in [2.24, 2.45) is 23.3 Å². The van der Waals surface area contributed by atoms with Gasteiger partial charge in [-0.25, -0.2) is 0 Å². The largest absolute Gasteiger partial charge is 0.376 e. The number of carbonyl (C=O) groups excluding carboxylic acids is 2. The first kappa shape index (κ1) is 22.0. The predicted molar refractivity (Wildman–Crippen MR) is 125 cm³/mol. The number of nitrogens with one attached hydrogen (secondary N) is 2. The third-order valence-electron chi connectivity index (χ3n) is 7.22. The maximum absolute atomic E-state index is 13.2. The Morgan fingerprint density at radius 3 is 2.52 bits per heavy atom. The Bertz CT molecular complexity index is 839.